The molecule has 120 valence electrons. The summed E-state index contributed by atoms with van der Waals surface area (Å²) in [7, 11) is 3.97. The van der Waals surface area contributed by atoms with Crippen molar-refractivity contribution < 1.29 is 9.53 Å². The first kappa shape index (κ1) is 16.5. The molecule has 1 amide bonds. The molecule has 0 aliphatic carbocycles. The monoisotopic (exact) mass is 311 g/mol. The van der Waals surface area contributed by atoms with Crippen LogP contribution in [0.4, 0.5) is 5.69 Å². The molecule has 23 heavy (non-hydrogen) atoms. The number of carbonyl (C=O) groups excluding carboxylic acids is 1. The zero-order chi connectivity index (χ0) is 16.7. The number of hydrogen-bond donors (Lipinski definition) is 1. The minimum Gasteiger partial charge on any atom is -0.481 e. The molecule has 1 atom stereocenters. The van der Waals surface area contributed by atoms with Crippen LogP contribution in [0.5, 0.6) is 5.75 Å². The van der Waals surface area contributed by atoms with E-state index < -0.39 is 6.10 Å². The third-order valence-corrected chi connectivity index (χ3v) is 3.22. The van der Waals surface area contributed by atoms with Gasteiger partial charge in [-0.05, 0) is 36.8 Å². The summed E-state index contributed by atoms with van der Waals surface area (Å²) in [6.45, 7) is 1.68. The van der Waals surface area contributed by atoms with Gasteiger partial charge < -0.3 is 9.64 Å². The molecule has 1 N–H and O–H groups in total. The lowest BCUT2D eigenvalue weighted by Crippen LogP contribution is -2.33. The topological polar surface area (TPSA) is 53.9 Å². The Bertz CT molecular complexity index is 652. The second-order valence-electron chi connectivity index (χ2n) is 5.29. The number of carbonyl (C=O) groups is 1. The second kappa shape index (κ2) is 7.98. The summed E-state index contributed by atoms with van der Waals surface area (Å²) in [5.74, 6) is 0.355. The molecule has 5 heteroatoms. The second-order valence-corrected chi connectivity index (χ2v) is 5.29. The van der Waals surface area contributed by atoms with Crippen LogP contribution < -0.4 is 15.1 Å². The van der Waals surface area contributed by atoms with E-state index in [-0.39, 0.29) is 5.91 Å². The summed E-state index contributed by atoms with van der Waals surface area (Å²) < 4.78 is 5.53. The van der Waals surface area contributed by atoms with Crippen LogP contribution in [0.15, 0.2) is 59.7 Å². The molecular formula is C18H21N3O2. The largest absolute Gasteiger partial charge is 0.481 e. The first-order chi connectivity index (χ1) is 11.1. The van der Waals surface area contributed by atoms with E-state index in [0.717, 1.165) is 11.3 Å². The Balaban J connectivity index is 1.85. The Hall–Kier alpha value is -2.82. The predicted molar refractivity (Wildman–Crippen MR) is 93.0 cm³/mol. The molecule has 0 fully saturated rings. The Labute approximate surface area is 136 Å². The molecule has 0 unspecified atom stereocenters. The molecule has 0 bridgehead atoms. The van der Waals surface area contributed by atoms with Crippen LogP contribution in [0.25, 0.3) is 0 Å². The molecule has 0 saturated carbocycles. The van der Waals surface area contributed by atoms with E-state index in [2.05, 4.69) is 10.5 Å². The molecule has 0 heterocycles. The average molecular weight is 311 g/mol. The van der Waals surface area contributed by atoms with E-state index in [0.29, 0.717) is 5.75 Å². The van der Waals surface area contributed by atoms with E-state index in [1.807, 2.05) is 61.5 Å². The van der Waals surface area contributed by atoms with Crippen molar-refractivity contribution in [3.05, 3.63) is 60.2 Å². The third kappa shape index (κ3) is 5.14. The van der Waals surface area contributed by atoms with Gasteiger partial charge in [0.05, 0.1) is 6.21 Å². The summed E-state index contributed by atoms with van der Waals surface area (Å²) in [5, 5.41) is 3.96. The number of nitrogens with one attached hydrogen (secondary N) is 1. The van der Waals surface area contributed by atoms with Crippen LogP contribution in [0.2, 0.25) is 0 Å². The molecule has 0 radical (unpaired) electrons. The maximum Gasteiger partial charge on any atom is 0.280 e. The summed E-state index contributed by atoms with van der Waals surface area (Å²) in [6.07, 6.45) is 0.984. The van der Waals surface area contributed by atoms with Gasteiger partial charge >= 0.3 is 0 Å². The van der Waals surface area contributed by atoms with Gasteiger partial charge in [0.25, 0.3) is 5.91 Å². The maximum absolute atomic E-state index is 11.9. The van der Waals surface area contributed by atoms with Gasteiger partial charge in [-0.25, -0.2) is 5.43 Å². The fraction of sp³-hybridized carbons (Fsp3) is 0.222. The lowest BCUT2D eigenvalue weighted by atomic mass is 10.2. The summed E-state index contributed by atoms with van der Waals surface area (Å²) in [6, 6.07) is 17.1. The highest BCUT2D eigenvalue weighted by molar-refractivity contribution is 5.84. The number of hydrazone groups is 1. The van der Waals surface area contributed by atoms with Gasteiger partial charge in [0.1, 0.15) is 5.75 Å². The molecule has 0 spiro atoms. The van der Waals surface area contributed by atoms with Crippen LogP contribution in [0.1, 0.15) is 12.5 Å². The summed E-state index contributed by atoms with van der Waals surface area (Å²) in [5.41, 5.74) is 4.50. The first-order valence-corrected chi connectivity index (χ1v) is 7.38. The van der Waals surface area contributed by atoms with Gasteiger partial charge in [0.15, 0.2) is 6.10 Å². The van der Waals surface area contributed by atoms with Crippen molar-refractivity contribution in [3.63, 3.8) is 0 Å². The fourth-order valence-electron chi connectivity index (χ4n) is 1.88. The number of anilines is 1. The van der Waals surface area contributed by atoms with Crippen molar-refractivity contribution in [2.75, 3.05) is 19.0 Å². The normalized spacial score (nSPS) is 12.0. The summed E-state index contributed by atoms with van der Waals surface area (Å²) in [4.78, 5) is 13.9. The molecular weight excluding hydrogens is 290 g/mol. The van der Waals surface area contributed by atoms with Crippen molar-refractivity contribution in [1.29, 1.82) is 0 Å². The fourth-order valence-corrected chi connectivity index (χ4v) is 1.88. The number of hydrogen-bond acceptors (Lipinski definition) is 4. The van der Waals surface area contributed by atoms with Crippen LogP contribution >= 0.6 is 0 Å². The van der Waals surface area contributed by atoms with Gasteiger partial charge in [-0.2, -0.15) is 5.10 Å². The molecule has 0 saturated heterocycles. The van der Waals surface area contributed by atoms with Crippen molar-refractivity contribution in [1.82, 2.24) is 5.43 Å². The van der Waals surface area contributed by atoms with Gasteiger partial charge in [-0.3, -0.25) is 4.79 Å². The molecule has 2 rings (SSSR count). The summed E-state index contributed by atoms with van der Waals surface area (Å²) >= 11 is 0. The zero-order valence-corrected chi connectivity index (χ0v) is 13.6. The molecule has 2 aromatic rings. The van der Waals surface area contributed by atoms with Gasteiger partial charge in [0.2, 0.25) is 0 Å². The number of amides is 1. The Morgan fingerprint density at radius 2 is 1.78 bits per heavy atom. The van der Waals surface area contributed by atoms with Gasteiger partial charge in [-0.15, -0.1) is 0 Å². The van der Waals surface area contributed by atoms with Crippen LogP contribution in [0, 0.1) is 0 Å². The Kier molecular flexibility index (Phi) is 5.74. The predicted octanol–water partition coefficient (Wildman–Crippen LogP) is 2.67. The quantitative estimate of drug-likeness (QED) is 0.659. The van der Waals surface area contributed by atoms with Crippen LogP contribution in [-0.4, -0.2) is 32.3 Å². The van der Waals surface area contributed by atoms with E-state index in [1.165, 1.54) is 0 Å². The number of nitrogens with zero attached hydrogens (tertiary/aromatic N) is 2. The van der Waals surface area contributed by atoms with E-state index >= 15 is 0 Å². The van der Waals surface area contributed by atoms with Crippen molar-refractivity contribution >= 4 is 17.8 Å². The van der Waals surface area contributed by atoms with E-state index in [1.54, 1.807) is 25.3 Å². The van der Waals surface area contributed by atoms with E-state index in [4.69, 9.17) is 4.74 Å². The number of benzene rings is 2. The Morgan fingerprint density at radius 3 is 2.39 bits per heavy atom. The smallest absolute Gasteiger partial charge is 0.280 e. The highest BCUT2D eigenvalue weighted by Gasteiger charge is 2.13. The maximum atomic E-state index is 11.9. The van der Waals surface area contributed by atoms with Crippen LogP contribution in [0.3, 0.4) is 0 Å². The van der Waals surface area contributed by atoms with Gasteiger partial charge in [0, 0.05) is 19.8 Å². The van der Waals surface area contributed by atoms with Crippen molar-refractivity contribution in [2.45, 2.75) is 13.0 Å². The highest BCUT2D eigenvalue weighted by Crippen LogP contribution is 2.11. The molecule has 0 aliphatic rings. The minimum absolute atomic E-state index is 0.296. The Morgan fingerprint density at radius 1 is 1.13 bits per heavy atom. The zero-order valence-electron chi connectivity index (χ0n) is 13.6. The van der Waals surface area contributed by atoms with E-state index in [9.17, 15) is 4.79 Å². The molecule has 0 aliphatic heterocycles. The van der Waals surface area contributed by atoms with Gasteiger partial charge in [-0.1, -0.05) is 30.3 Å². The molecule has 0 aromatic heterocycles. The number of rotatable bonds is 6. The van der Waals surface area contributed by atoms with Crippen molar-refractivity contribution in [2.24, 2.45) is 5.10 Å². The number of para-hydroxylation sites is 1. The third-order valence-electron chi connectivity index (χ3n) is 3.22. The van der Waals surface area contributed by atoms with Crippen molar-refractivity contribution in [3.8, 4) is 5.75 Å². The first-order valence-electron chi connectivity index (χ1n) is 7.38. The SMILES string of the molecule is C[C@H](Oc1ccccc1)C(=O)N/N=C\c1ccc(N(C)C)cc1. The number of ether oxygens (including phenoxy) is 1. The highest BCUT2D eigenvalue weighted by atomic mass is 16.5. The van der Waals surface area contributed by atoms with Crippen LogP contribution in [-0.2, 0) is 4.79 Å². The lowest BCUT2D eigenvalue weighted by molar-refractivity contribution is -0.127. The molecule has 2 aromatic carbocycles. The standard InChI is InChI=1S/C18H21N3O2/c1-14(23-17-7-5-4-6-8-17)18(22)20-19-13-15-9-11-16(12-10-15)21(2)3/h4-14H,1-3H3,(H,20,22)/b19-13-/t14-/m0/s1. The minimum atomic E-state index is -0.620. The lowest BCUT2D eigenvalue weighted by Gasteiger charge is -2.12. The average Bonchev–Trinajstić information content (AvgIpc) is 2.56. The molecule has 5 nitrogen and oxygen atoms in total.